The maximum absolute atomic E-state index is 12.2. The maximum atomic E-state index is 12.2. The fourth-order valence-corrected chi connectivity index (χ4v) is 2.80. The summed E-state index contributed by atoms with van der Waals surface area (Å²) in [5, 5.41) is 3.38. The molecule has 0 unspecified atom stereocenters. The second-order valence-electron chi connectivity index (χ2n) is 5.57. The molecule has 2 aromatic heterocycles. The molecule has 1 aliphatic carbocycles. The van der Waals surface area contributed by atoms with Gasteiger partial charge in [0.1, 0.15) is 5.82 Å². The van der Waals surface area contributed by atoms with Gasteiger partial charge in [-0.2, -0.15) is 0 Å². The Morgan fingerprint density at radius 1 is 1.29 bits per heavy atom. The maximum Gasteiger partial charge on any atom is 0.297 e. The molecule has 2 heterocycles. The third kappa shape index (κ3) is 4.41. The van der Waals surface area contributed by atoms with Gasteiger partial charge in [-0.25, -0.2) is 4.98 Å². The Morgan fingerprint density at radius 2 is 2.08 bits per heavy atom. The minimum absolute atomic E-state index is 0. The molecule has 1 saturated carbocycles. The fraction of sp³-hybridized carbons (Fsp3) is 0.375. The first kappa shape index (κ1) is 20.3. The summed E-state index contributed by atoms with van der Waals surface area (Å²) in [4.78, 5) is 16.6. The Hall–Kier alpha value is -1.76. The number of halogens is 2. The summed E-state index contributed by atoms with van der Waals surface area (Å²) in [6.07, 6.45) is 6.47. The second-order valence-corrected chi connectivity index (χ2v) is 5.57. The van der Waals surface area contributed by atoms with Crippen LogP contribution in [0.2, 0.25) is 0 Å². The Kier molecular flexibility index (Phi) is 7.54. The van der Waals surface area contributed by atoms with E-state index >= 15 is 0 Å². The highest BCUT2D eigenvalue weighted by Crippen LogP contribution is 2.21. The Labute approximate surface area is 153 Å². The highest BCUT2D eigenvalue weighted by molar-refractivity contribution is 5.85. The van der Waals surface area contributed by atoms with E-state index in [9.17, 15) is 4.79 Å². The van der Waals surface area contributed by atoms with E-state index in [-0.39, 0.29) is 36.4 Å². The van der Waals surface area contributed by atoms with Crippen molar-refractivity contribution in [3.63, 3.8) is 0 Å². The number of hydrogen-bond acceptors (Lipinski definition) is 5. The summed E-state index contributed by atoms with van der Waals surface area (Å²) in [6.45, 7) is 0. The van der Waals surface area contributed by atoms with Crippen molar-refractivity contribution in [2.75, 3.05) is 12.4 Å². The molecule has 6 nitrogen and oxygen atoms in total. The second kappa shape index (κ2) is 8.92. The molecule has 0 radical (unpaired) electrons. The van der Waals surface area contributed by atoms with E-state index < -0.39 is 0 Å². The highest BCUT2D eigenvalue weighted by atomic mass is 35.5. The number of ether oxygens (including phenoxy) is 1. The van der Waals surface area contributed by atoms with Gasteiger partial charge in [0.15, 0.2) is 5.75 Å². The number of rotatable bonds is 4. The first-order chi connectivity index (χ1) is 10.7. The topological polar surface area (TPSA) is 82.2 Å². The molecule has 24 heavy (non-hydrogen) atoms. The Bertz CT molecular complexity index is 706. The zero-order valence-corrected chi connectivity index (χ0v) is 15.0. The average Bonchev–Trinajstić information content (AvgIpc) is 2.94. The number of methoxy groups -OCH3 is 1. The lowest BCUT2D eigenvalue weighted by Gasteiger charge is -2.13. The zero-order valence-electron chi connectivity index (χ0n) is 13.3. The Balaban J connectivity index is 0.00000144. The van der Waals surface area contributed by atoms with Crippen LogP contribution in [0.5, 0.6) is 5.75 Å². The van der Waals surface area contributed by atoms with Gasteiger partial charge in [-0.05, 0) is 43.5 Å². The van der Waals surface area contributed by atoms with Crippen LogP contribution in [0.3, 0.4) is 0 Å². The third-order valence-electron chi connectivity index (χ3n) is 3.98. The molecule has 3 rings (SSSR count). The smallest absolute Gasteiger partial charge is 0.297 e. The molecule has 0 bridgehead atoms. The van der Waals surface area contributed by atoms with Crippen LogP contribution in [-0.2, 0) is 0 Å². The summed E-state index contributed by atoms with van der Waals surface area (Å²) in [7, 11) is 1.48. The van der Waals surface area contributed by atoms with Crippen LogP contribution in [0.1, 0.15) is 19.3 Å². The van der Waals surface area contributed by atoms with E-state index in [2.05, 4.69) is 10.3 Å². The molecule has 0 amide bonds. The van der Waals surface area contributed by atoms with E-state index in [0.717, 1.165) is 25.1 Å². The monoisotopic (exact) mass is 372 g/mol. The van der Waals surface area contributed by atoms with Crippen molar-refractivity contribution in [2.24, 2.45) is 5.73 Å². The number of pyridine rings is 2. The summed E-state index contributed by atoms with van der Waals surface area (Å²) in [5.74, 6) is 1.11. The van der Waals surface area contributed by atoms with Gasteiger partial charge < -0.3 is 15.8 Å². The number of nitrogens with zero attached hydrogens (tertiary/aromatic N) is 2. The minimum atomic E-state index is -0.200. The van der Waals surface area contributed by atoms with Crippen molar-refractivity contribution in [3.05, 3.63) is 47.0 Å². The quantitative estimate of drug-likeness (QED) is 0.860. The predicted molar refractivity (Wildman–Crippen MR) is 100 cm³/mol. The Morgan fingerprint density at radius 3 is 2.67 bits per heavy atom. The summed E-state index contributed by atoms with van der Waals surface area (Å²) < 4.78 is 6.57. The summed E-state index contributed by atoms with van der Waals surface area (Å²) in [6, 6.07) is 7.83. The number of nitrogens with one attached hydrogen (secondary N) is 1. The SMILES string of the molecule is COc1cccn(-c2ccc(N[C@H]3CC[C@H](N)C3)nc2)c1=O.Cl.Cl. The predicted octanol–water partition coefficient (Wildman–Crippen LogP) is 2.38. The van der Waals surface area contributed by atoms with Crippen LogP contribution in [0.4, 0.5) is 5.82 Å². The van der Waals surface area contributed by atoms with Crippen LogP contribution in [0, 0.1) is 0 Å². The van der Waals surface area contributed by atoms with Gasteiger partial charge in [-0.1, -0.05) is 0 Å². The molecule has 0 aromatic carbocycles. The van der Waals surface area contributed by atoms with Crippen molar-refractivity contribution >= 4 is 30.6 Å². The molecule has 2 atom stereocenters. The molecule has 132 valence electrons. The highest BCUT2D eigenvalue weighted by Gasteiger charge is 2.21. The van der Waals surface area contributed by atoms with Gasteiger partial charge in [0, 0.05) is 18.3 Å². The number of nitrogens with two attached hydrogens (primary N) is 1. The molecule has 1 fully saturated rings. The standard InChI is InChI=1S/C16H20N4O2.2ClH/c1-22-14-3-2-8-20(16(14)21)13-6-7-15(18-10-13)19-12-5-4-11(17)9-12;;/h2-3,6-8,10-12H,4-5,9,17H2,1H3,(H,18,19);2*1H/t11-,12-;;/m0../s1. The minimum Gasteiger partial charge on any atom is -0.491 e. The van der Waals surface area contributed by atoms with Crippen LogP contribution in [0.15, 0.2) is 41.5 Å². The summed E-state index contributed by atoms with van der Waals surface area (Å²) in [5.41, 5.74) is 6.42. The van der Waals surface area contributed by atoms with Crippen LogP contribution in [-0.4, -0.2) is 28.7 Å². The zero-order chi connectivity index (χ0) is 15.5. The number of hydrogen-bond donors (Lipinski definition) is 2. The number of aromatic nitrogens is 2. The molecule has 0 spiro atoms. The van der Waals surface area contributed by atoms with E-state index in [1.54, 1.807) is 24.5 Å². The van der Waals surface area contributed by atoms with E-state index in [4.69, 9.17) is 10.5 Å². The third-order valence-corrected chi connectivity index (χ3v) is 3.98. The van der Waals surface area contributed by atoms with Crippen LogP contribution in [0.25, 0.3) is 5.69 Å². The van der Waals surface area contributed by atoms with Gasteiger partial charge >= 0.3 is 0 Å². The lowest BCUT2D eigenvalue weighted by atomic mass is 10.2. The molecule has 8 heteroatoms. The first-order valence-corrected chi connectivity index (χ1v) is 7.41. The molecular formula is C16H22Cl2N4O2. The van der Waals surface area contributed by atoms with E-state index in [1.165, 1.54) is 11.7 Å². The lowest BCUT2D eigenvalue weighted by Crippen LogP contribution is -2.21. The summed E-state index contributed by atoms with van der Waals surface area (Å²) >= 11 is 0. The molecule has 3 N–H and O–H groups in total. The van der Waals surface area contributed by atoms with Gasteiger partial charge in [-0.15, -0.1) is 24.8 Å². The number of anilines is 1. The van der Waals surface area contributed by atoms with Crippen LogP contribution >= 0.6 is 24.8 Å². The first-order valence-electron chi connectivity index (χ1n) is 7.41. The lowest BCUT2D eigenvalue weighted by molar-refractivity contribution is 0.406. The molecule has 0 saturated heterocycles. The van der Waals surface area contributed by atoms with Crippen molar-refractivity contribution < 1.29 is 4.74 Å². The van der Waals surface area contributed by atoms with Crippen LogP contribution < -0.4 is 21.3 Å². The van der Waals surface area contributed by atoms with Gasteiger partial charge in [-0.3, -0.25) is 9.36 Å². The average molecular weight is 373 g/mol. The largest absolute Gasteiger partial charge is 0.491 e. The molecule has 1 aliphatic rings. The van der Waals surface area contributed by atoms with Gasteiger partial charge in [0.2, 0.25) is 0 Å². The van der Waals surface area contributed by atoms with E-state index in [0.29, 0.717) is 17.5 Å². The van der Waals surface area contributed by atoms with Crippen molar-refractivity contribution in [2.45, 2.75) is 31.3 Å². The molecule has 0 aliphatic heterocycles. The normalized spacial score (nSPS) is 19.1. The fourth-order valence-electron chi connectivity index (χ4n) is 2.80. The van der Waals surface area contributed by atoms with E-state index in [1.807, 2.05) is 12.1 Å². The van der Waals surface area contributed by atoms with Crippen molar-refractivity contribution in [3.8, 4) is 11.4 Å². The van der Waals surface area contributed by atoms with Crippen molar-refractivity contribution in [1.29, 1.82) is 0 Å². The van der Waals surface area contributed by atoms with Gasteiger partial charge in [0.05, 0.1) is 19.0 Å². The molecule has 2 aromatic rings. The van der Waals surface area contributed by atoms with Gasteiger partial charge in [0.25, 0.3) is 5.56 Å². The van der Waals surface area contributed by atoms with Crippen molar-refractivity contribution in [1.82, 2.24) is 9.55 Å². The molecular weight excluding hydrogens is 351 g/mol.